The van der Waals surface area contributed by atoms with Crippen LogP contribution in [-0.2, 0) is 21.3 Å². The lowest BCUT2D eigenvalue weighted by molar-refractivity contribution is -0.0866. The molecule has 1 aromatic carbocycles. The van der Waals surface area contributed by atoms with Crippen LogP contribution in [-0.4, -0.2) is 23.2 Å². The average molecular weight is 224 g/mol. The fourth-order valence-electron chi connectivity index (χ4n) is 1.73. The first-order valence-electron chi connectivity index (χ1n) is 5.15. The molecule has 1 aromatic rings. The zero-order chi connectivity index (χ0) is 10.7. The van der Waals surface area contributed by atoms with Crippen molar-refractivity contribution in [3.05, 3.63) is 35.9 Å². The normalized spacial score (nSPS) is 20.6. The van der Waals surface area contributed by atoms with Gasteiger partial charge in [0, 0.05) is 27.7 Å². The minimum atomic E-state index is -0.769. The van der Waals surface area contributed by atoms with E-state index in [1.165, 1.54) is 0 Å². The van der Waals surface area contributed by atoms with Gasteiger partial charge in [-0.15, -0.1) is 0 Å². The number of ether oxygens (including phenoxy) is 1. The Balaban J connectivity index is 1.87. The summed E-state index contributed by atoms with van der Waals surface area (Å²) in [4.78, 5) is 0. The lowest BCUT2D eigenvalue weighted by atomic mass is 9.92. The van der Waals surface area contributed by atoms with Crippen LogP contribution >= 0.6 is 0 Å². The highest BCUT2D eigenvalue weighted by Crippen LogP contribution is 2.27. The molecule has 1 fully saturated rings. The third kappa shape index (κ3) is 2.89. The van der Waals surface area contributed by atoms with Gasteiger partial charge in [0.25, 0.3) is 0 Å². The largest absolute Gasteiger partial charge is 0.380 e. The van der Waals surface area contributed by atoms with E-state index in [2.05, 4.69) is 6.92 Å². The smallest absolute Gasteiger partial charge is 0.0551 e. The zero-order valence-electron chi connectivity index (χ0n) is 8.94. The molecule has 0 amide bonds. The summed E-state index contributed by atoms with van der Waals surface area (Å²) < 4.78 is 17.0. The quantitative estimate of drug-likeness (QED) is 0.781. The maximum atomic E-state index is 11.9. The van der Waals surface area contributed by atoms with Crippen molar-refractivity contribution in [1.29, 1.82) is 0 Å². The summed E-state index contributed by atoms with van der Waals surface area (Å²) in [6.45, 7) is 3.65. The molecule has 1 saturated heterocycles. The molecule has 1 atom stereocenters. The number of hydrogen-bond acceptors (Lipinski definition) is 2. The lowest BCUT2D eigenvalue weighted by Crippen LogP contribution is -2.44. The molecule has 82 valence electrons. The van der Waals surface area contributed by atoms with Crippen molar-refractivity contribution >= 4 is 10.8 Å². The number of benzene rings is 1. The first kappa shape index (κ1) is 10.8. The van der Waals surface area contributed by atoms with E-state index in [1.54, 1.807) is 0 Å². The topological polar surface area (TPSA) is 26.3 Å². The van der Waals surface area contributed by atoms with Crippen molar-refractivity contribution in [3.63, 3.8) is 0 Å². The van der Waals surface area contributed by atoms with Gasteiger partial charge in [0.2, 0.25) is 0 Å². The van der Waals surface area contributed by atoms with Gasteiger partial charge >= 0.3 is 0 Å². The predicted molar refractivity (Wildman–Crippen MR) is 62.1 cm³/mol. The fourth-order valence-corrected chi connectivity index (χ4v) is 3.34. The van der Waals surface area contributed by atoms with Crippen LogP contribution < -0.4 is 0 Å². The van der Waals surface area contributed by atoms with Gasteiger partial charge < -0.3 is 4.74 Å². The van der Waals surface area contributed by atoms with E-state index in [0.717, 1.165) is 24.5 Å². The first-order valence-corrected chi connectivity index (χ1v) is 6.63. The number of hydrogen-bond donors (Lipinski definition) is 0. The van der Waals surface area contributed by atoms with Crippen LogP contribution in [0, 0.1) is 5.41 Å². The molecule has 15 heavy (non-hydrogen) atoms. The van der Waals surface area contributed by atoms with E-state index < -0.39 is 10.8 Å². The molecule has 3 heteroatoms. The highest BCUT2D eigenvalue weighted by atomic mass is 32.2. The Hall–Kier alpha value is -0.670. The minimum Gasteiger partial charge on any atom is -0.380 e. The van der Waals surface area contributed by atoms with E-state index in [4.69, 9.17) is 4.74 Å². The van der Waals surface area contributed by atoms with Crippen LogP contribution in [0.5, 0.6) is 0 Å². The van der Waals surface area contributed by atoms with Crippen molar-refractivity contribution in [2.75, 3.05) is 19.0 Å². The highest BCUT2D eigenvalue weighted by Gasteiger charge is 2.34. The zero-order valence-corrected chi connectivity index (χ0v) is 9.76. The lowest BCUT2D eigenvalue weighted by Gasteiger charge is -2.37. The molecule has 0 saturated carbocycles. The van der Waals surface area contributed by atoms with Gasteiger partial charge in [-0.05, 0) is 5.56 Å². The Labute approximate surface area is 93.1 Å². The second-order valence-electron chi connectivity index (χ2n) is 4.52. The van der Waals surface area contributed by atoms with Gasteiger partial charge in [-0.25, -0.2) is 0 Å². The molecule has 1 aliphatic heterocycles. The van der Waals surface area contributed by atoms with E-state index in [0.29, 0.717) is 5.75 Å². The van der Waals surface area contributed by atoms with Gasteiger partial charge in [0.15, 0.2) is 0 Å². The van der Waals surface area contributed by atoms with Crippen molar-refractivity contribution in [2.45, 2.75) is 12.7 Å². The van der Waals surface area contributed by atoms with Crippen LogP contribution in [0.1, 0.15) is 12.5 Å². The first-order chi connectivity index (χ1) is 7.18. The maximum Gasteiger partial charge on any atom is 0.0551 e. The Kier molecular flexibility index (Phi) is 3.22. The minimum absolute atomic E-state index is 0.152. The molecule has 0 aromatic heterocycles. The van der Waals surface area contributed by atoms with Crippen molar-refractivity contribution in [2.24, 2.45) is 5.41 Å². The maximum absolute atomic E-state index is 11.9. The van der Waals surface area contributed by atoms with E-state index in [1.807, 2.05) is 30.3 Å². The monoisotopic (exact) mass is 224 g/mol. The molecule has 0 aliphatic carbocycles. The van der Waals surface area contributed by atoms with Crippen LogP contribution in [0.25, 0.3) is 0 Å². The van der Waals surface area contributed by atoms with E-state index in [-0.39, 0.29) is 5.41 Å². The molecule has 0 N–H and O–H groups in total. The van der Waals surface area contributed by atoms with Crippen molar-refractivity contribution < 1.29 is 8.95 Å². The van der Waals surface area contributed by atoms with Crippen LogP contribution in [0.2, 0.25) is 0 Å². The summed E-state index contributed by atoms with van der Waals surface area (Å²) in [7, 11) is -0.769. The fraction of sp³-hybridized carbons (Fsp3) is 0.500. The Morgan fingerprint density at radius 2 is 2.00 bits per heavy atom. The molecule has 2 rings (SSSR count). The van der Waals surface area contributed by atoms with Gasteiger partial charge in [-0.3, -0.25) is 4.21 Å². The third-order valence-corrected chi connectivity index (χ3v) is 4.26. The van der Waals surface area contributed by atoms with Gasteiger partial charge in [-0.1, -0.05) is 37.3 Å². The Morgan fingerprint density at radius 1 is 1.33 bits per heavy atom. The second kappa shape index (κ2) is 4.45. The standard InChI is InChI=1S/C12H16O2S/c1-12(8-14-9-12)10-15(13)7-11-5-3-2-4-6-11/h2-6H,7-10H2,1H3. The van der Waals surface area contributed by atoms with Gasteiger partial charge in [0.05, 0.1) is 13.2 Å². The van der Waals surface area contributed by atoms with Crippen molar-refractivity contribution in [1.82, 2.24) is 0 Å². The van der Waals surface area contributed by atoms with E-state index in [9.17, 15) is 4.21 Å². The molecule has 0 spiro atoms. The molecule has 0 radical (unpaired) electrons. The number of rotatable bonds is 4. The summed E-state index contributed by atoms with van der Waals surface area (Å²) in [6, 6.07) is 10.0. The van der Waals surface area contributed by atoms with Crippen molar-refractivity contribution in [3.8, 4) is 0 Å². The molecular weight excluding hydrogens is 208 g/mol. The van der Waals surface area contributed by atoms with Crippen LogP contribution in [0.3, 0.4) is 0 Å². The summed E-state index contributed by atoms with van der Waals surface area (Å²) in [5.74, 6) is 1.42. The summed E-state index contributed by atoms with van der Waals surface area (Å²) in [5.41, 5.74) is 1.30. The van der Waals surface area contributed by atoms with Crippen LogP contribution in [0.15, 0.2) is 30.3 Å². The molecule has 2 nitrogen and oxygen atoms in total. The predicted octanol–water partition coefficient (Wildman–Crippen LogP) is 1.97. The van der Waals surface area contributed by atoms with Crippen LogP contribution in [0.4, 0.5) is 0 Å². The Morgan fingerprint density at radius 3 is 2.53 bits per heavy atom. The van der Waals surface area contributed by atoms with Gasteiger partial charge in [-0.2, -0.15) is 0 Å². The second-order valence-corrected chi connectivity index (χ2v) is 5.97. The SMILES string of the molecule is CC1(CS(=O)Cc2ccccc2)COC1. The highest BCUT2D eigenvalue weighted by molar-refractivity contribution is 7.84. The van der Waals surface area contributed by atoms with E-state index >= 15 is 0 Å². The molecule has 1 aliphatic rings. The molecule has 0 bridgehead atoms. The molecule has 1 unspecified atom stereocenters. The summed E-state index contributed by atoms with van der Waals surface area (Å²) >= 11 is 0. The molecule has 1 heterocycles. The molecular formula is C12H16O2S. The van der Waals surface area contributed by atoms with Gasteiger partial charge in [0.1, 0.15) is 0 Å². The summed E-state index contributed by atoms with van der Waals surface area (Å²) in [5, 5.41) is 0. The third-order valence-electron chi connectivity index (χ3n) is 2.58. The summed E-state index contributed by atoms with van der Waals surface area (Å²) in [6.07, 6.45) is 0. The Bertz CT molecular complexity index is 344. The average Bonchev–Trinajstić information content (AvgIpc) is 2.16.